The van der Waals surface area contributed by atoms with Gasteiger partial charge in [-0.3, -0.25) is 0 Å². The molecule has 3 heteroatoms. The van der Waals surface area contributed by atoms with Crippen LogP contribution in [0.15, 0.2) is 42.5 Å². The van der Waals surface area contributed by atoms with Crippen LogP contribution in [0.1, 0.15) is 38.5 Å². The number of fused-ring (bicyclic) bond motifs is 1. The van der Waals surface area contributed by atoms with E-state index in [4.69, 9.17) is 12.2 Å². The third-order valence-corrected chi connectivity index (χ3v) is 6.66. The van der Waals surface area contributed by atoms with E-state index in [0.29, 0.717) is 0 Å². The lowest BCUT2D eigenvalue weighted by atomic mass is 9.53. The van der Waals surface area contributed by atoms with Gasteiger partial charge in [-0.25, -0.2) is 0 Å². The number of hydrogen-bond acceptors (Lipinski definition) is 1. The van der Waals surface area contributed by atoms with Gasteiger partial charge in [-0.15, -0.1) is 0 Å². The summed E-state index contributed by atoms with van der Waals surface area (Å²) in [6.45, 7) is 0. The largest absolute Gasteiger partial charge is 0.357 e. The second-order valence-electron chi connectivity index (χ2n) is 8.30. The highest BCUT2D eigenvalue weighted by atomic mass is 32.1. The zero-order valence-corrected chi connectivity index (χ0v) is 14.7. The molecule has 4 aliphatic rings. The summed E-state index contributed by atoms with van der Waals surface area (Å²) in [7, 11) is 0. The first kappa shape index (κ1) is 14.7. The van der Waals surface area contributed by atoms with Gasteiger partial charge >= 0.3 is 0 Å². The van der Waals surface area contributed by atoms with Crippen LogP contribution in [0, 0.1) is 17.8 Å². The topological polar surface area (TPSA) is 24.1 Å². The van der Waals surface area contributed by atoms with Gasteiger partial charge in [0.25, 0.3) is 0 Å². The summed E-state index contributed by atoms with van der Waals surface area (Å²) in [6.07, 6.45) is 8.34. The van der Waals surface area contributed by atoms with Crippen LogP contribution >= 0.6 is 12.2 Å². The fourth-order valence-corrected chi connectivity index (χ4v) is 6.32. The minimum absolute atomic E-state index is 0.267. The highest BCUT2D eigenvalue weighted by Gasteiger charge is 2.51. The van der Waals surface area contributed by atoms with Crippen molar-refractivity contribution >= 4 is 33.8 Å². The molecule has 0 aliphatic heterocycles. The van der Waals surface area contributed by atoms with Crippen molar-refractivity contribution in [2.75, 3.05) is 5.32 Å². The van der Waals surface area contributed by atoms with E-state index in [0.717, 1.165) is 28.6 Å². The molecule has 0 radical (unpaired) electrons. The average Bonchev–Trinajstić information content (AvgIpc) is 2.53. The molecule has 0 heterocycles. The third-order valence-electron chi connectivity index (χ3n) is 6.45. The van der Waals surface area contributed by atoms with Gasteiger partial charge in [-0.2, -0.15) is 0 Å². The van der Waals surface area contributed by atoms with E-state index in [2.05, 4.69) is 53.1 Å². The lowest BCUT2D eigenvalue weighted by molar-refractivity contribution is -0.00972. The Hall–Kier alpha value is -1.61. The Kier molecular flexibility index (Phi) is 3.34. The van der Waals surface area contributed by atoms with E-state index in [1.165, 1.54) is 49.3 Å². The molecule has 2 aromatic rings. The second-order valence-corrected chi connectivity index (χ2v) is 8.71. The first-order valence-electron chi connectivity index (χ1n) is 9.26. The molecule has 24 heavy (non-hydrogen) atoms. The minimum Gasteiger partial charge on any atom is -0.357 e. The molecule has 2 nitrogen and oxygen atoms in total. The van der Waals surface area contributed by atoms with Crippen LogP contribution < -0.4 is 10.6 Å². The molecule has 0 saturated heterocycles. The molecule has 6 rings (SSSR count). The van der Waals surface area contributed by atoms with Gasteiger partial charge in [0.2, 0.25) is 0 Å². The quantitative estimate of drug-likeness (QED) is 0.747. The van der Waals surface area contributed by atoms with Gasteiger partial charge in [0.1, 0.15) is 0 Å². The molecular formula is C21H24N2S. The van der Waals surface area contributed by atoms with E-state index in [1.807, 2.05) is 0 Å². The molecule has 0 aromatic heterocycles. The van der Waals surface area contributed by atoms with Crippen LogP contribution in [0.4, 0.5) is 5.69 Å². The van der Waals surface area contributed by atoms with E-state index in [1.54, 1.807) is 0 Å². The first-order chi connectivity index (χ1) is 11.7. The maximum absolute atomic E-state index is 5.71. The summed E-state index contributed by atoms with van der Waals surface area (Å²) in [5.74, 6) is 2.80. The lowest BCUT2D eigenvalue weighted by Gasteiger charge is -2.57. The molecule has 124 valence electrons. The van der Waals surface area contributed by atoms with Gasteiger partial charge in [-0.05, 0) is 79.9 Å². The number of benzene rings is 2. The zero-order chi connectivity index (χ0) is 16.1. The fraction of sp³-hybridized carbons (Fsp3) is 0.476. The maximum atomic E-state index is 5.71. The van der Waals surface area contributed by atoms with Crippen LogP contribution in [-0.2, 0) is 0 Å². The summed E-state index contributed by atoms with van der Waals surface area (Å²) < 4.78 is 0. The summed E-state index contributed by atoms with van der Waals surface area (Å²) in [5.41, 5.74) is 1.37. The molecule has 4 saturated carbocycles. The van der Waals surface area contributed by atoms with Crippen LogP contribution in [0.5, 0.6) is 0 Å². The summed E-state index contributed by atoms with van der Waals surface area (Å²) in [5, 5.41) is 10.5. The van der Waals surface area contributed by atoms with Crippen molar-refractivity contribution in [3.63, 3.8) is 0 Å². The normalized spacial score (nSPS) is 33.6. The Morgan fingerprint density at radius 1 is 0.875 bits per heavy atom. The van der Waals surface area contributed by atoms with E-state index in [-0.39, 0.29) is 5.54 Å². The lowest BCUT2D eigenvalue weighted by Crippen LogP contribution is -2.60. The highest BCUT2D eigenvalue weighted by molar-refractivity contribution is 7.80. The number of rotatable bonds is 2. The monoisotopic (exact) mass is 336 g/mol. The molecule has 0 atom stereocenters. The molecule has 2 N–H and O–H groups in total. The second kappa shape index (κ2) is 5.45. The number of hydrogen-bond donors (Lipinski definition) is 2. The zero-order valence-electron chi connectivity index (χ0n) is 13.9. The molecule has 4 fully saturated rings. The smallest absolute Gasteiger partial charge is 0.171 e. The van der Waals surface area contributed by atoms with Crippen molar-refractivity contribution in [3.05, 3.63) is 42.5 Å². The Morgan fingerprint density at radius 3 is 2.21 bits per heavy atom. The molecule has 2 aromatic carbocycles. The maximum Gasteiger partial charge on any atom is 0.171 e. The SMILES string of the molecule is S=C(Nc1cccc2ccccc12)NC12CC3CC(CC(C3)C1)C2. The van der Waals surface area contributed by atoms with Gasteiger partial charge < -0.3 is 10.6 Å². The standard InChI is InChI=1S/C21H24N2S/c24-20(22-19-7-3-5-17-4-1-2-6-18(17)19)23-21-11-14-8-15(12-21)10-16(9-14)13-21/h1-7,14-16H,8-13H2,(H2,22,23,24). The number of thiocarbonyl (C=S) groups is 1. The molecule has 4 aliphatic carbocycles. The molecule has 0 spiro atoms. The summed E-state index contributed by atoms with van der Waals surface area (Å²) in [4.78, 5) is 0. The van der Waals surface area contributed by atoms with Crippen molar-refractivity contribution < 1.29 is 0 Å². The average molecular weight is 337 g/mol. The van der Waals surface area contributed by atoms with E-state index >= 15 is 0 Å². The fourth-order valence-electron chi connectivity index (χ4n) is 5.99. The van der Waals surface area contributed by atoms with Gasteiger partial charge in [0.15, 0.2) is 5.11 Å². The van der Waals surface area contributed by atoms with Gasteiger partial charge in [-0.1, -0.05) is 36.4 Å². The molecule has 4 bridgehead atoms. The molecule has 0 unspecified atom stereocenters. The Balaban J connectivity index is 1.36. The predicted octanol–water partition coefficient (Wildman–Crippen LogP) is 5.10. The van der Waals surface area contributed by atoms with E-state index < -0.39 is 0 Å². The van der Waals surface area contributed by atoms with Crippen LogP contribution in [0.2, 0.25) is 0 Å². The Labute approximate surface area is 149 Å². The molecular weight excluding hydrogens is 312 g/mol. The minimum atomic E-state index is 0.267. The van der Waals surface area contributed by atoms with Crippen molar-refractivity contribution in [2.24, 2.45) is 17.8 Å². The number of nitrogens with one attached hydrogen (secondary N) is 2. The van der Waals surface area contributed by atoms with Gasteiger partial charge in [0, 0.05) is 16.6 Å². The predicted molar refractivity (Wildman–Crippen MR) is 104 cm³/mol. The van der Waals surface area contributed by atoms with Crippen molar-refractivity contribution in [1.29, 1.82) is 0 Å². The van der Waals surface area contributed by atoms with Gasteiger partial charge in [0.05, 0.1) is 0 Å². The Bertz CT molecular complexity index is 757. The van der Waals surface area contributed by atoms with Crippen molar-refractivity contribution in [3.8, 4) is 0 Å². The van der Waals surface area contributed by atoms with Crippen LogP contribution in [0.25, 0.3) is 10.8 Å². The summed E-state index contributed by atoms with van der Waals surface area (Å²) in [6, 6.07) is 14.8. The van der Waals surface area contributed by atoms with Crippen molar-refractivity contribution in [2.45, 2.75) is 44.1 Å². The van der Waals surface area contributed by atoms with Crippen molar-refractivity contribution in [1.82, 2.24) is 5.32 Å². The summed E-state index contributed by atoms with van der Waals surface area (Å²) >= 11 is 5.71. The highest BCUT2D eigenvalue weighted by Crippen LogP contribution is 2.55. The molecule has 0 amide bonds. The first-order valence-corrected chi connectivity index (χ1v) is 9.67. The Morgan fingerprint density at radius 2 is 1.50 bits per heavy atom. The van der Waals surface area contributed by atoms with Crippen LogP contribution in [0.3, 0.4) is 0 Å². The van der Waals surface area contributed by atoms with E-state index in [9.17, 15) is 0 Å². The van der Waals surface area contributed by atoms with Crippen LogP contribution in [-0.4, -0.2) is 10.7 Å². The number of anilines is 1. The third kappa shape index (κ3) is 2.50.